The molecule has 1 aromatic carbocycles. The lowest BCUT2D eigenvalue weighted by Gasteiger charge is -2.22. The Morgan fingerprint density at radius 2 is 1.90 bits per heavy atom. The highest BCUT2D eigenvalue weighted by Crippen LogP contribution is 2.24. The normalized spacial score (nSPS) is 16.2. The van der Waals surface area contributed by atoms with Gasteiger partial charge in [0.2, 0.25) is 15.9 Å². The Bertz CT molecular complexity index is 1190. The fourth-order valence-corrected chi connectivity index (χ4v) is 6.06. The number of carbonyl (C=O) groups is 1. The van der Waals surface area contributed by atoms with Gasteiger partial charge in [0.25, 0.3) is 0 Å². The highest BCUT2D eigenvalue weighted by molar-refractivity contribution is 7.89. The molecule has 1 amide bonds. The molecule has 2 aromatic heterocycles. The molecule has 1 saturated heterocycles. The molecule has 8 nitrogen and oxygen atoms in total. The molecule has 3 aromatic rings. The number of rotatable bonds is 4. The van der Waals surface area contributed by atoms with Crippen LogP contribution in [0.15, 0.2) is 35.4 Å². The number of nitrogens with one attached hydrogen (secondary N) is 1. The number of aromatic nitrogens is 3. The van der Waals surface area contributed by atoms with E-state index in [1.54, 1.807) is 30.5 Å². The molecule has 0 unspecified atom stereocenters. The van der Waals surface area contributed by atoms with Gasteiger partial charge in [0.1, 0.15) is 4.90 Å². The van der Waals surface area contributed by atoms with Crippen molar-refractivity contribution in [2.24, 2.45) is 7.05 Å². The quantitative estimate of drug-likeness (QED) is 0.687. The predicted octanol–water partition coefficient (Wildman–Crippen LogP) is 1.98. The summed E-state index contributed by atoms with van der Waals surface area (Å²) in [6.45, 7) is 5.11. The van der Waals surface area contributed by atoms with Crippen molar-refractivity contribution in [1.82, 2.24) is 24.0 Å². The van der Waals surface area contributed by atoms with Gasteiger partial charge in [-0.25, -0.2) is 8.42 Å². The standard InChI is InChI=1S/C21H27N5O3S/c1-15-21(16(2)24(3)23-15)30(28,29)26-10-6-9-25(11-12-26)20(27)13-17-14-22-19-8-5-4-7-18(17)19/h4-5,7-8,14,22H,6,9-13H2,1-3H3. The molecule has 1 aliphatic rings. The molecule has 0 aliphatic carbocycles. The zero-order valence-electron chi connectivity index (χ0n) is 17.6. The van der Waals surface area contributed by atoms with Crippen molar-refractivity contribution < 1.29 is 13.2 Å². The molecular weight excluding hydrogens is 402 g/mol. The highest BCUT2D eigenvalue weighted by atomic mass is 32.2. The van der Waals surface area contributed by atoms with E-state index in [0.717, 1.165) is 16.5 Å². The molecular formula is C21H27N5O3S. The van der Waals surface area contributed by atoms with Gasteiger partial charge in [-0.1, -0.05) is 18.2 Å². The van der Waals surface area contributed by atoms with Gasteiger partial charge in [-0.2, -0.15) is 9.40 Å². The van der Waals surface area contributed by atoms with Crippen molar-refractivity contribution in [2.75, 3.05) is 26.2 Å². The first-order valence-corrected chi connectivity index (χ1v) is 11.6. The Labute approximate surface area is 176 Å². The van der Waals surface area contributed by atoms with Crippen LogP contribution in [0.2, 0.25) is 0 Å². The van der Waals surface area contributed by atoms with Gasteiger partial charge in [-0.15, -0.1) is 0 Å². The van der Waals surface area contributed by atoms with Crippen LogP contribution in [0.5, 0.6) is 0 Å². The van der Waals surface area contributed by atoms with Crippen LogP contribution < -0.4 is 0 Å². The molecule has 0 radical (unpaired) electrons. The molecule has 1 fully saturated rings. The summed E-state index contributed by atoms with van der Waals surface area (Å²) in [5.41, 5.74) is 3.11. The second-order valence-corrected chi connectivity index (χ2v) is 9.67. The minimum atomic E-state index is -3.65. The van der Waals surface area contributed by atoms with Crippen molar-refractivity contribution in [3.05, 3.63) is 47.4 Å². The number of sulfonamides is 1. The van der Waals surface area contributed by atoms with Gasteiger partial charge in [0, 0.05) is 50.3 Å². The molecule has 0 saturated carbocycles. The van der Waals surface area contributed by atoms with Gasteiger partial charge < -0.3 is 9.88 Å². The van der Waals surface area contributed by atoms with Crippen LogP contribution in [-0.4, -0.2) is 64.5 Å². The van der Waals surface area contributed by atoms with E-state index >= 15 is 0 Å². The summed E-state index contributed by atoms with van der Waals surface area (Å²) in [7, 11) is -1.90. The number of aromatic amines is 1. The second-order valence-electron chi connectivity index (χ2n) is 7.80. The van der Waals surface area contributed by atoms with Crippen LogP contribution in [-0.2, 0) is 28.3 Å². The summed E-state index contributed by atoms with van der Waals surface area (Å²) in [5, 5.41) is 5.30. The zero-order chi connectivity index (χ0) is 21.5. The number of hydrogen-bond acceptors (Lipinski definition) is 4. The maximum atomic E-state index is 13.2. The molecule has 0 atom stereocenters. The maximum absolute atomic E-state index is 13.2. The average molecular weight is 430 g/mol. The average Bonchev–Trinajstić information content (AvgIpc) is 3.09. The fraction of sp³-hybridized carbons (Fsp3) is 0.429. The third kappa shape index (κ3) is 3.63. The minimum Gasteiger partial charge on any atom is -0.361 e. The molecule has 3 heterocycles. The smallest absolute Gasteiger partial charge is 0.246 e. The van der Waals surface area contributed by atoms with Crippen LogP contribution in [0.4, 0.5) is 0 Å². The first-order valence-electron chi connectivity index (χ1n) is 10.1. The van der Waals surface area contributed by atoms with Gasteiger partial charge in [-0.05, 0) is 31.9 Å². The third-order valence-corrected chi connectivity index (χ3v) is 8.02. The van der Waals surface area contributed by atoms with Crippen molar-refractivity contribution in [3.63, 3.8) is 0 Å². The molecule has 160 valence electrons. The molecule has 1 N–H and O–H groups in total. The SMILES string of the molecule is Cc1nn(C)c(C)c1S(=O)(=O)N1CCCN(C(=O)Cc2c[nH]c3ccccc23)CC1. The van der Waals surface area contributed by atoms with Gasteiger partial charge >= 0.3 is 0 Å². The van der Waals surface area contributed by atoms with E-state index < -0.39 is 10.0 Å². The number of nitrogens with zero attached hydrogens (tertiary/aromatic N) is 4. The van der Waals surface area contributed by atoms with Crippen LogP contribution in [0.1, 0.15) is 23.4 Å². The van der Waals surface area contributed by atoms with E-state index in [4.69, 9.17) is 0 Å². The Kier molecular flexibility index (Phi) is 5.42. The number of hydrogen-bond donors (Lipinski definition) is 1. The number of fused-ring (bicyclic) bond motifs is 1. The van der Waals surface area contributed by atoms with E-state index in [1.165, 1.54) is 4.31 Å². The van der Waals surface area contributed by atoms with E-state index in [1.807, 2.05) is 30.5 Å². The highest BCUT2D eigenvalue weighted by Gasteiger charge is 2.32. The van der Waals surface area contributed by atoms with Crippen molar-refractivity contribution in [1.29, 1.82) is 0 Å². The van der Waals surface area contributed by atoms with Crippen LogP contribution in [0.25, 0.3) is 10.9 Å². The maximum Gasteiger partial charge on any atom is 0.246 e. The lowest BCUT2D eigenvalue weighted by molar-refractivity contribution is -0.130. The summed E-state index contributed by atoms with van der Waals surface area (Å²) >= 11 is 0. The Morgan fingerprint density at radius 3 is 2.63 bits per heavy atom. The summed E-state index contributed by atoms with van der Waals surface area (Å²) in [6, 6.07) is 7.91. The number of amides is 1. The molecule has 9 heteroatoms. The van der Waals surface area contributed by atoms with Crippen LogP contribution in [0, 0.1) is 13.8 Å². The summed E-state index contributed by atoms with van der Waals surface area (Å²) < 4.78 is 29.6. The second kappa shape index (κ2) is 7.88. The summed E-state index contributed by atoms with van der Waals surface area (Å²) in [6.07, 6.45) is 2.79. The first-order chi connectivity index (χ1) is 14.3. The Hall–Kier alpha value is -2.65. The van der Waals surface area contributed by atoms with Crippen LogP contribution in [0.3, 0.4) is 0 Å². The number of para-hydroxylation sites is 1. The lowest BCUT2D eigenvalue weighted by atomic mass is 10.1. The van der Waals surface area contributed by atoms with Crippen LogP contribution >= 0.6 is 0 Å². The molecule has 0 bridgehead atoms. The van der Waals surface area contributed by atoms with Gasteiger partial charge in [-0.3, -0.25) is 9.48 Å². The van der Waals surface area contributed by atoms with Crippen molar-refractivity contribution in [3.8, 4) is 0 Å². The van der Waals surface area contributed by atoms with E-state index in [-0.39, 0.29) is 17.3 Å². The minimum absolute atomic E-state index is 0.0211. The van der Waals surface area contributed by atoms with Gasteiger partial charge in [0.05, 0.1) is 17.8 Å². The first kappa shape index (κ1) is 20.6. The predicted molar refractivity (Wildman–Crippen MR) is 115 cm³/mol. The third-order valence-electron chi connectivity index (χ3n) is 5.86. The van der Waals surface area contributed by atoms with Crippen molar-refractivity contribution >= 4 is 26.8 Å². The molecule has 0 spiro atoms. The summed E-state index contributed by atoms with van der Waals surface area (Å²) in [4.78, 5) is 18.2. The lowest BCUT2D eigenvalue weighted by Crippen LogP contribution is -2.38. The summed E-state index contributed by atoms with van der Waals surface area (Å²) in [5.74, 6) is 0.0211. The van der Waals surface area contributed by atoms with E-state index in [0.29, 0.717) is 43.9 Å². The number of aryl methyl sites for hydroxylation is 2. The number of benzene rings is 1. The zero-order valence-corrected chi connectivity index (χ0v) is 18.4. The Morgan fingerprint density at radius 1 is 1.13 bits per heavy atom. The Balaban J connectivity index is 1.48. The van der Waals surface area contributed by atoms with E-state index in [9.17, 15) is 13.2 Å². The number of carbonyl (C=O) groups excluding carboxylic acids is 1. The van der Waals surface area contributed by atoms with E-state index in [2.05, 4.69) is 10.1 Å². The monoisotopic (exact) mass is 429 g/mol. The topological polar surface area (TPSA) is 91.3 Å². The molecule has 1 aliphatic heterocycles. The largest absolute Gasteiger partial charge is 0.361 e. The van der Waals surface area contributed by atoms with Gasteiger partial charge in [0.15, 0.2) is 0 Å². The molecule has 30 heavy (non-hydrogen) atoms. The number of H-pyrrole nitrogens is 1. The fourth-order valence-electron chi connectivity index (χ4n) is 4.19. The van der Waals surface area contributed by atoms with Crippen molar-refractivity contribution in [2.45, 2.75) is 31.6 Å². The molecule has 4 rings (SSSR count).